The van der Waals surface area contributed by atoms with Crippen molar-refractivity contribution in [2.24, 2.45) is 4.99 Å². The van der Waals surface area contributed by atoms with Crippen molar-refractivity contribution in [1.29, 1.82) is 0 Å². The molecule has 2 amide bonds. The van der Waals surface area contributed by atoms with Crippen LogP contribution in [-0.2, 0) is 4.79 Å². The summed E-state index contributed by atoms with van der Waals surface area (Å²) in [5.74, 6) is -0.251. The smallest absolute Gasteiger partial charge is 0.409 e. The number of hydrogen-bond acceptors (Lipinski definition) is 5. The molecule has 4 rings (SSSR count). The molecule has 3 aromatic rings. The van der Waals surface area contributed by atoms with Gasteiger partial charge in [-0.25, -0.2) is 9.79 Å². The molecule has 7 nitrogen and oxygen atoms in total. The molecule has 3 N–H and O–H groups in total. The topological polar surface area (TPSA) is 104 Å². The molecule has 0 radical (unpaired) electrons. The van der Waals surface area contributed by atoms with Crippen molar-refractivity contribution in [3.63, 3.8) is 0 Å². The molecule has 1 aliphatic rings. The SMILES string of the molecule is O=C(O)Nc1ccccc1N=C1NC(=O)C(=Cc2ccc3ncccc3c2)S1. The lowest BCUT2D eigenvalue weighted by molar-refractivity contribution is -0.115. The lowest BCUT2D eigenvalue weighted by Crippen LogP contribution is -2.19. The van der Waals surface area contributed by atoms with E-state index in [1.165, 1.54) is 11.8 Å². The standard InChI is InChI=1S/C20H14N4O3S/c25-18-17(11-12-7-8-14-13(10-12)4-3-9-21-14)28-19(24-18)22-15-5-1-2-6-16(15)23-20(26)27/h1-11,23H,(H,26,27)(H,22,24,25). The van der Waals surface area contributed by atoms with Crippen LogP contribution in [0.2, 0.25) is 0 Å². The van der Waals surface area contributed by atoms with E-state index in [0.29, 0.717) is 21.4 Å². The minimum Gasteiger partial charge on any atom is -0.465 e. The fourth-order valence-corrected chi connectivity index (χ4v) is 3.55. The molecule has 0 unspecified atom stereocenters. The molecule has 2 heterocycles. The van der Waals surface area contributed by atoms with Gasteiger partial charge in [-0.3, -0.25) is 15.1 Å². The number of amides is 2. The first-order chi connectivity index (χ1) is 13.6. The third kappa shape index (κ3) is 3.86. The summed E-state index contributed by atoms with van der Waals surface area (Å²) in [6.07, 6.45) is 2.35. The van der Waals surface area contributed by atoms with Crippen molar-refractivity contribution < 1.29 is 14.7 Å². The Hall–Kier alpha value is -3.65. The number of rotatable bonds is 3. The first kappa shape index (κ1) is 17.7. The van der Waals surface area contributed by atoms with Gasteiger partial charge in [-0.1, -0.05) is 24.3 Å². The fourth-order valence-electron chi connectivity index (χ4n) is 2.72. The average molecular weight is 390 g/mol. The van der Waals surface area contributed by atoms with Gasteiger partial charge in [0.25, 0.3) is 5.91 Å². The number of para-hydroxylation sites is 2. The molecular weight excluding hydrogens is 376 g/mol. The van der Waals surface area contributed by atoms with Gasteiger partial charge in [0.05, 0.1) is 21.8 Å². The summed E-state index contributed by atoms with van der Waals surface area (Å²) < 4.78 is 0. The van der Waals surface area contributed by atoms with E-state index in [9.17, 15) is 9.59 Å². The molecule has 2 aromatic carbocycles. The van der Waals surface area contributed by atoms with E-state index in [1.807, 2.05) is 30.3 Å². The molecule has 138 valence electrons. The van der Waals surface area contributed by atoms with Crippen LogP contribution in [0.3, 0.4) is 0 Å². The largest absolute Gasteiger partial charge is 0.465 e. The van der Waals surface area contributed by atoms with Crippen LogP contribution in [0, 0.1) is 0 Å². The van der Waals surface area contributed by atoms with Gasteiger partial charge >= 0.3 is 6.09 Å². The summed E-state index contributed by atoms with van der Waals surface area (Å²) in [6, 6.07) is 16.3. The lowest BCUT2D eigenvalue weighted by Gasteiger charge is -2.05. The van der Waals surface area contributed by atoms with Crippen LogP contribution in [0.25, 0.3) is 17.0 Å². The number of carbonyl (C=O) groups excluding carboxylic acids is 1. The van der Waals surface area contributed by atoms with Crippen molar-refractivity contribution in [1.82, 2.24) is 10.3 Å². The highest BCUT2D eigenvalue weighted by Gasteiger charge is 2.24. The van der Waals surface area contributed by atoms with E-state index in [1.54, 1.807) is 36.5 Å². The second-order valence-corrected chi connectivity index (χ2v) is 6.92. The number of pyridine rings is 1. The van der Waals surface area contributed by atoms with Gasteiger partial charge in [-0.2, -0.15) is 0 Å². The highest BCUT2D eigenvalue weighted by Crippen LogP contribution is 2.31. The second-order valence-electron chi connectivity index (χ2n) is 5.88. The van der Waals surface area contributed by atoms with Crippen LogP contribution in [0.4, 0.5) is 16.2 Å². The third-order valence-corrected chi connectivity index (χ3v) is 4.85. The summed E-state index contributed by atoms with van der Waals surface area (Å²) in [5.41, 5.74) is 2.54. The van der Waals surface area contributed by atoms with E-state index in [4.69, 9.17) is 5.11 Å². The van der Waals surface area contributed by atoms with Crippen LogP contribution in [0.15, 0.2) is 70.7 Å². The molecule has 0 bridgehead atoms. The maximum Gasteiger partial charge on any atom is 0.409 e. The summed E-state index contributed by atoms with van der Waals surface area (Å²) in [7, 11) is 0. The molecule has 1 fully saturated rings. The first-order valence-corrected chi connectivity index (χ1v) is 9.13. The van der Waals surface area contributed by atoms with Crippen molar-refractivity contribution in [3.05, 3.63) is 71.3 Å². The Kier molecular flexibility index (Phi) is 4.77. The van der Waals surface area contributed by atoms with Crippen LogP contribution in [-0.4, -0.2) is 27.3 Å². The maximum atomic E-state index is 12.3. The number of thioether (sulfide) groups is 1. The van der Waals surface area contributed by atoms with Crippen molar-refractivity contribution in [2.45, 2.75) is 0 Å². The molecular formula is C20H14N4O3S. The fraction of sp³-hybridized carbons (Fsp3) is 0. The Labute approximate surface area is 164 Å². The Morgan fingerprint density at radius 3 is 2.89 bits per heavy atom. The molecule has 1 aliphatic heterocycles. The minimum absolute atomic E-state index is 0.251. The number of anilines is 1. The van der Waals surface area contributed by atoms with Crippen LogP contribution >= 0.6 is 11.8 Å². The Morgan fingerprint density at radius 2 is 2.04 bits per heavy atom. The number of carboxylic acid groups (broad SMARTS) is 1. The molecule has 0 spiro atoms. The Bertz CT molecular complexity index is 1160. The summed E-state index contributed by atoms with van der Waals surface area (Å²) >= 11 is 1.20. The van der Waals surface area contributed by atoms with Crippen molar-refractivity contribution >= 4 is 57.3 Å². The van der Waals surface area contributed by atoms with Gasteiger partial charge < -0.3 is 10.4 Å². The molecule has 1 saturated heterocycles. The zero-order valence-electron chi connectivity index (χ0n) is 14.4. The predicted octanol–water partition coefficient (Wildman–Crippen LogP) is 4.22. The van der Waals surface area contributed by atoms with Gasteiger partial charge in [0, 0.05) is 11.6 Å². The highest BCUT2D eigenvalue weighted by molar-refractivity contribution is 8.18. The zero-order valence-corrected chi connectivity index (χ0v) is 15.2. The average Bonchev–Trinajstić information content (AvgIpc) is 3.02. The molecule has 8 heteroatoms. The Balaban J connectivity index is 1.61. The number of hydrogen-bond donors (Lipinski definition) is 3. The molecule has 0 saturated carbocycles. The zero-order chi connectivity index (χ0) is 19.5. The predicted molar refractivity (Wildman–Crippen MR) is 111 cm³/mol. The quantitative estimate of drug-likeness (QED) is 0.581. The van der Waals surface area contributed by atoms with Crippen molar-refractivity contribution in [2.75, 3.05) is 5.32 Å². The lowest BCUT2D eigenvalue weighted by atomic mass is 10.1. The minimum atomic E-state index is -1.18. The van der Waals surface area contributed by atoms with E-state index in [-0.39, 0.29) is 5.91 Å². The summed E-state index contributed by atoms with van der Waals surface area (Å²) in [4.78, 5) is 32.4. The maximum absolute atomic E-state index is 12.3. The third-order valence-electron chi connectivity index (χ3n) is 3.94. The number of nitrogens with one attached hydrogen (secondary N) is 2. The number of amidine groups is 1. The van der Waals surface area contributed by atoms with Crippen LogP contribution < -0.4 is 10.6 Å². The molecule has 0 atom stereocenters. The van der Waals surface area contributed by atoms with Gasteiger partial charge in [0.2, 0.25) is 0 Å². The van der Waals surface area contributed by atoms with Gasteiger partial charge in [-0.05, 0) is 53.7 Å². The van der Waals surface area contributed by atoms with Gasteiger partial charge in [0.15, 0.2) is 5.17 Å². The van der Waals surface area contributed by atoms with E-state index in [0.717, 1.165) is 16.5 Å². The Morgan fingerprint density at radius 1 is 1.18 bits per heavy atom. The normalized spacial score (nSPS) is 16.5. The number of aliphatic imine (C=N–C) groups is 1. The second kappa shape index (κ2) is 7.53. The summed E-state index contributed by atoms with van der Waals surface area (Å²) in [5, 5.41) is 15.3. The van der Waals surface area contributed by atoms with Crippen LogP contribution in [0.5, 0.6) is 0 Å². The van der Waals surface area contributed by atoms with Crippen LogP contribution in [0.1, 0.15) is 5.56 Å². The van der Waals surface area contributed by atoms with Gasteiger partial charge in [-0.15, -0.1) is 0 Å². The first-order valence-electron chi connectivity index (χ1n) is 8.32. The number of carbonyl (C=O) groups is 2. The molecule has 1 aromatic heterocycles. The number of aromatic nitrogens is 1. The summed E-state index contributed by atoms with van der Waals surface area (Å²) in [6.45, 7) is 0. The number of fused-ring (bicyclic) bond motifs is 1. The molecule has 0 aliphatic carbocycles. The van der Waals surface area contributed by atoms with Gasteiger partial charge in [0.1, 0.15) is 0 Å². The van der Waals surface area contributed by atoms with E-state index < -0.39 is 6.09 Å². The highest BCUT2D eigenvalue weighted by atomic mass is 32.2. The van der Waals surface area contributed by atoms with E-state index in [2.05, 4.69) is 20.6 Å². The molecule has 28 heavy (non-hydrogen) atoms. The van der Waals surface area contributed by atoms with Crippen molar-refractivity contribution in [3.8, 4) is 0 Å². The van der Waals surface area contributed by atoms with E-state index >= 15 is 0 Å². The number of nitrogens with zero attached hydrogens (tertiary/aromatic N) is 2. The number of benzene rings is 2. The monoisotopic (exact) mass is 390 g/mol.